The number of fused-ring (bicyclic) bond motifs is 6. The van der Waals surface area contributed by atoms with E-state index in [-0.39, 0.29) is 6.04 Å². The third-order valence-electron chi connectivity index (χ3n) is 10.9. The molecule has 0 aliphatic heterocycles. The highest BCUT2D eigenvalue weighted by Crippen LogP contribution is 2.56. The zero-order valence-electron chi connectivity index (χ0n) is 28.1. The summed E-state index contributed by atoms with van der Waals surface area (Å²) in [5.41, 5.74) is 12.4. The van der Waals surface area contributed by atoms with Gasteiger partial charge in [0.05, 0.1) is 11.5 Å². The van der Waals surface area contributed by atoms with Crippen LogP contribution in [0.2, 0.25) is 0 Å². The van der Waals surface area contributed by atoms with E-state index < -0.39 is 5.41 Å². The molecule has 1 atom stereocenters. The van der Waals surface area contributed by atoms with Crippen LogP contribution in [0.25, 0.3) is 36.9 Å². The minimum Gasteiger partial charge on any atom is -0.334 e. The maximum absolute atomic E-state index is 2.54. The van der Waals surface area contributed by atoms with Crippen molar-refractivity contribution in [3.8, 4) is 11.1 Å². The van der Waals surface area contributed by atoms with Gasteiger partial charge in [-0.3, -0.25) is 0 Å². The number of nitrogens with zero attached hydrogens (tertiary/aromatic N) is 1. The summed E-state index contributed by atoms with van der Waals surface area (Å²) in [5, 5.41) is 2.64. The second-order valence-corrected chi connectivity index (χ2v) is 14.7. The summed E-state index contributed by atoms with van der Waals surface area (Å²) in [5.74, 6) is 0. The molecular formula is C49H35NS. The summed E-state index contributed by atoms with van der Waals surface area (Å²) in [6.45, 7) is 0. The number of anilines is 2. The Morgan fingerprint density at radius 2 is 1.10 bits per heavy atom. The van der Waals surface area contributed by atoms with Gasteiger partial charge in [0.1, 0.15) is 0 Å². The molecule has 0 amide bonds. The van der Waals surface area contributed by atoms with Crippen LogP contribution in [0.3, 0.4) is 0 Å². The molecule has 242 valence electrons. The van der Waals surface area contributed by atoms with Crippen molar-refractivity contribution in [2.45, 2.75) is 17.9 Å². The van der Waals surface area contributed by atoms with Gasteiger partial charge >= 0.3 is 0 Å². The van der Waals surface area contributed by atoms with Crippen LogP contribution in [-0.2, 0) is 5.41 Å². The first-order chi connectivity index (χ1) is 25.3. The molecule has 8 aromatic rings. The molecule has 1 unspecified atom stereocenters. The lowest BCUT2D eigenvalue weighted by molar-refractivity contribution is 0.764. The first kappa shape index (κ1) is 29.9. The van der Waals surface area contributed by atoms with E-state index in [9.17, 15) is 0 Å². The van der Waals surface area contributed by atoms with Gasteiger partial charge < -0.3 is 4.90 Å². The molecule has 2 aliphatic rings. The van der Waals surface area contributed by atoms with Crippen LogP contribution in [-0.4, -0.2) is 6.04 Å². The molecular weight excluding hydrogens is 635 g/mol. The van der Waals surface area contributed by atoms with Gasteiger partial charge in [0, 0.05) is 31.5 Å². The predicted octanol–water partition coefficient (Wildman–Crippen LogP) is 13.0. The van der Waals surface area contributed by atoms with Gasteiger partial charge in [-0.1, -0.05) is 158 Å². The number of thiophene rings is 1. The maximum Gasteiger partial charge on any atom is 0.0713 e. The summed E-state index contributed by atoms with van der Waals surface area (Å²) < 4.78 is 2.65. The van der Waals surface area contributed by atoms with E-state index in [1.165, 1.54) is 76.1 Å². The lowest BCUT2D eigenvalue weighted by atomic mass is 9.67. The van der Waals surface area contributed by atoms with E-state index in [0.29, 0.717) is 0 Å². The monoisotopic (exact) mass is 669 g/mol. The van der Waals surface area contributed by atoms with E-state index in [4.69, 9.17) is 0 Å². The Labute approximate surface area is 303 Å². The van der Waals surface area contributed by atoms with Crippen molar-refractivity contribution in [2.24, 2.45) is 0 Å². The third-order valence-corrected chi connectivity index (χ3v) is 12.0. The largest absolute Gasteiger partial charge is 0.334 e. The molecule has 2 heteroatoms. The molecule has 0 fully saturated rings. The zero-order chi connectivity index (χ0) is 33.8. The van der Waals surface area contributed by atoms with Crippen LogP contribution in [0, 0.1) is 0 Å². The highest BCUT2D eigenvalue weighted by Gasteiger charge is 2.45. The van der Waals surface area contributed by atoms with Crippen molar-refractivity contribution in [1.82, 2.24) is 0 Å². The summed E-state index contributed by atoms with van der Waals surface area (Å²) in [6, 6.07) is 65.1. The van der Waals surface area contributed by atoms with Gasteiger partial charge in [-0.05, 0) is 87.3 Å². The van der Waals surface area contributed by atoms with E-state index in [1.807, 2.05) is 11.3 Å². The van der Waals surface area contributed by atoms with Gasteiger partial charge in [-0.25, -0.2) is 0 Å². The Balaban J connectivity index is 1.13. The van der Waals surface area contributed by atoms with Crippen LogP contribution in [0.4, 0.5) is 11.4 Å². The van der Waals surface area contributed by atoms with Crippen LogP contribution >= 0.6 is 11.3 Å². The van der Waals surface area contributed by atoms with Gasteiger partial charge in [-0.2, -0.15) is 0 Å². The Bertz CT molecular complexity index is 2560. The summed E-state index contributed by atoms with van der Waals surface area (Å²) in [7, 11) is 0. The average Bonchev–Trinajstić information content (AvgIpc) is 3.73. The Morgan fingerprint density at radius 3 is 1.80 bits per heavy atom. The van der Waals surface area contributed by atoms with Crippen molar-refractivity contribution in [3.05, 3.63) is 222 Å². The minimum absolute atomic E-state index is 0.168. The molecule has 0 saturated heterocycles. The Hall–Kier alpha value is -5.96. The molecule has 1 aromatic heterocycles. The van der Waals surface area contributed by atoms with Gasteiger partial charge in [0.15, 0.2) is 0 Å². The second-order valence-electron chi connectivity index (χ2n) is 13.6. The van der Waals surface area contributed by atoms with Crippen molar-refractivity contribution >= 4 is 48.5 Å². The van der Waals surface area contributed by atoms with Crippen LogP contribution < -0.4 is 4.90 Å². The molecule has 7 aromatic carbocycles. The van der Waals surface area contributed by atoms with Gasteiger partial charge in [-0.15, -0.1) is 11.3 Å². The van der Waals surface area contributed by atoms with E-state index in [2.05, 4.69) is 199 Å². The number of hydrogen-bond acceptors (Lipinski definition) is 2. The van der Waals surface area contributed by atoms with Crippen molar-refractivity contribution in [1.29, 1.82) is 0 Å². The molecule has 1 nitrogen and oxygen atoms in total. The number of benzene rings is 7. The van der Waals surface area contributed by atoms with E-state index in [0.717, 1.165) is 6.42 Å². The SMILES string of the molecule is C1=CC(N(c2ccc(C3(c4ccccc4)c4ccccc4-c4ccccc43)cc2)c2ccc3sc4ccccc4c3c2)CC=C1c1ccccc1. The number of allylic oxidation sites excluding steroid dienone is 2. The molecule has 10 rings (SSSR count). The summed E-state index contributed by atoms with van der Waals surface area (Å²) in [6.07, 6.45) is 8.01. The molecule has 1 heterocycles. The molecule has 0 spiro atoms. The first-order valence-electron chi connectivity index (χ1n) is 17.8. The van der Waals surface area contributed by atoms with Crippen LogP contribution in [0.5, 0.6) is 0 Å². The summed E-state index contributed by atoms with van der Waals surface area (Å²) in [4.78, 5) is 2.54. The minimum atomic E-state index is -0.412. The molecule has 2 aliphatic carbocycles. The molecule has 0 N–H and O–H groups in total. The lowest BCUT2D eigenvalue weighted by Crippen LogP contribution is -2.31. The van der Waals surface area contributed by atoms with Gasteiger partial charge in [0.2, 0.25) is 0 Å². The number of rotatable bonds is 6. The van der Waals surface area contributed by atoms with E-state index >= 15 is 0 Å². The fraction of sp³-hybridized carbons (Fsp3) is 0.0612. The highest BCUT2D eigenvalue weighted by atomic mass is 32.1. The highest BCUT2D eigenvalue weighted by molar-refractivity contribution is 7.25. The molecule has 51 heavy (non-hydrogen) atoms. The maximum atomic E-state index is 2.54. The summed E-state index contributed by atoms with van der Waals surface area (Å²) >= 11 is 1.87. The molecule has 0 bridgehead atoms. The topological polar surface area (TPSA) is 3.24 Å². The average molecular weight is 670 g/mol. The van der Waals surface area contributed by atoms with Crippen LogP contribution in [0.1, 0.15) is 34.2 Å². The van der Waals surface area contributed by atoms with Crippen molar-refractivity contribution in [2.75, 3.05) is 4.90 Å². The first-order valence-corrected chi connectivity index (χ1v) is 18.6. The molecule has 0 saturated carbocycles. The molecule has 0 radical (unpaired) electrons. The Morgan fingerprint density at radius 1 is 0.510 bits per heavy atom. The van der Waals surface area contributed by atoms with Crippen molar-refractivity contribution in [3.63, 3.8) is 0 Å². The normalized spacial score (nSPS) is 15.8. The quantitative estimate of drug-likeness (QED) is 0.170. The zero-order valence-corrected chi connectivity index (χ0v) is 28.9. The van der Waals surface area contributed by atoms with Crippen LogP contribution in [0.15, 0.2) is 194 Å². The lowest BCUT2D eigenvalue weighted by Gasteiger charge is -2.36. The van der Waals surface area contributed by atoms with Gasteiger partial charge in [0.25, 0.3) is 0 Å². The fourth-order valence-corrected chi connectivity index (χ4v) is 9.71. The fourth-order valence-electron chi connectivity index (χ4n) is 8.63. The van der Waals surface area contributed by atoms with E-state index in [1.54, 1.807) is 0 Å². The Kier molecular flexibility index (Phi) is 7.11. The second kappa shape index (κ2) is 12.1. The standard InChI is InChI=1S/C49H35NS/c1-3-13-34(14-4-1)35-23-27-38(28-24-35)50(40-31-32-48-44(33-40)43-19-9-12-22-47(43)51-48)39-29-25-37(26-30-39)49(36-15-5-2-6-16-36)45-20-10-7-17-41(45)42-18-8-11-21-46(42)49/h1-27,29-33,38H,28H2. The predicted molar refractivity (Wildman–Crippen MR) is 217 cm³/mol. The number of hydrogen-bond donors (Lipinski definition) is 0. The smallest absolute Gasteiger partial charge is 0.0713 e. The third kappa shape index (κ3) is 4.75. The van der Waals surface area contributed by atoms with Crippen molar-refractivity contribution < 1.29 is 0 Å².